The van der Waals surface area contributed by atoms with Crippen molar-refractivity contribution in [2.75, 3.05) is 0 Å². The van der Waals surface area contributed by atoms with Gasteiger partial charge in [0.05, 0.1) is 6.04 Å². The van der Waals surface area contributed by atoms with Crippen LogP contribution in [-0.2, 0) is 4.79 Å². The highest BCUT2D eigenvalue weighted by Gasteiger charge is 2.19. The molecular formula is C20H25NO2. The van der Waals surface area contributed by atoms with Crippen LogP contribution in [0.2, 0.25) is 0 Å². The molecule has 2 aromatic carbocycles. The van der Waals surface area contributed by atoms with Gasteiger partial charge in [0.15, 0.2) is 6.10 Å². The van der Waals surface area contributed by atoms with E-state index in [1.54, 1.807) is 6.92 Å². The molecule has 0 fully saturated rings. The molecule has 3 heteroatoms. The lowest BCUT2D eigenvalue weighted by atomic mass is 10.0. The zero-order valence-corrected chi connectivity index (χ0v) is 14.2. The van der Waals surface area contributed by atoms with Crippen LogP contribution in [0, 0.1) is 0 Å². The number of ether oxygens (including phenoxy) is 1. The predicted molar refractivity (Wildman–Crippen MR) is 93.6 cm³/mol. The van der Waals surface area contributed by atoms with Crippen LogP contribution in [0.25, 0.3) is 0 Å². The summed E-state index contributed by atoms with van der Waals surface area (Å²) in [6.07, 6.45) is -0.541. The number of carbonyl (C=O) groups excluding carboxylic acids is 1. The fourth-order valence-corrected chi connectivity index (χ4v) is 2.46. The number of rotatable bonds is 6. The molecule has 23 heavy (non-hydrogen) atoms. The van der Waals surface area contributed by atoms with Crippen molar-refractivity contribution in [3.63, 3.8) is 0 Å². The highest BCUT2D eigenvalue weighted by molar-refractivity contribution is 5.81. The Labute approximate surface area is 138 Å². The van der Waals surface area contributed by atoms with Crippen LogP contribution in [0.5, 0.6) is 5.75 Å². The lowest BCUT2D eigenvalue weighted by Crippen LogP contribution is -2.37. The Morgan fingerprint density at radius 3 is 2.17 bits per heavy atom. The van der Waals surface area contributed by atoms with E-state index in [4.69, 9.17) is 4.74 Å². The van der Waals surface area contributed by atoms with E-state index in [-0.39, 0.29) is 11.9 Å². The zero-order valence-electron chi connectivity index (χ0n) is 14.2. The van der Waals surface area contributed by atoms with E-state index in [9.17, 15) is 4.79 Å². The smallest absolute Gasteiger partial charge is 0.261 e. The molecule has 122 valence electrons. The molecule has 3 nitrogen and oxygen atoms in total. The minimum absolute atomic E-state index is 0.0462. The molecular weight excluding hydrogens is 286 g/mol. The Bertz CT molecular complexity index is 637. The third-order valence-electron chi connectivity index (χ3n) is 3.87. The van der Waals surface area contributed by atoms with Gasteiger partial charge < -0.3 is 10.1 Å². The summed E-state index contributed by atoms with van der Waals surface area (Å²) in [5.41, 5.74) is 2.19. The molecule has 2 aromatic rings. The average Bonchev–Trinajstić information content (AvgIpc) is 2.55. The van der Waals surface area contributed by atoms with E-state index >= 15 is 0 Å². The van der Waals surface area contributed by atoms with Crippen LogP contribution in [0.3, 0.4) is 0 Å². The summed E-state index contributed by atoms with van der Waals surface area (Å²) >= 11 is 0. The monoisotopic (exact) mass is 311 g/mol. The minimum Gasteiger partial charge on any atom is -0.481 e. The van der Waals surface area contributed by atoms with Gasteiger partial charge in [-0.3, -0.25) is 4.79 Å². The van der Waals surface area contributed by atoms with E-state index in [0.717, 1.165) is 16.9 Å². The predicted octanol–water partition coefficient (Wildman–Crippen LogP) is 4.45. The zero-order chi connectivity index (χ0) is 16.8. The molecule has 1 N–H and O–H groups in total. The second kappa shape index (κ2) is 7.82. The summed E-state index contributed by atoms with van der Waals surface area (Å²) < 4.78 is 5.89. The van der Waals surface area contributed by atoms with Crippen LogP contribution < -0.4 is 10.1 Å². The first-order valence-electron chi connectivity index (χ1n) is 8.10. The lowest BCUT2D eigenvalue weighted by Gasteiger charge is -2.21. The van der Waals surface area contributed by atoms with E-state index < -0.39 is 6.10 Å². The Morgan fingerprint density at radius 1 is 0.913 bits per heavy atom. The highest BCUT2D eigenvalue weighted by atomic mass is 16.5. The molecule has 0 aliphatic rings. The van der Waals surface area contributed by atoms with Crippen molar-refractivity contribution in [2.45, 2.75) is 45.8 Å². The fraction of sp³-hybridized carbons (Fsp3) is 0.350. The van der Waals surface area contributed by atoms with E-state index in [1.807, 2.05) is 61.5 Å². The molecule has 0 aromatic heterocycles. The van der Waals surface area contributed by atoms with Crippen molar-refractivity contribution in [1.82, 2.24) is 5.32 Å². The van der Waals surface area contributed by atoms with Gasteiger partial charge in [-0.1, -0.05) is 62.4 Å². The first-order valence-corrected chi connectivity index (χ1v) is 8.10. The molecule has 0 aliphatic heterocycles. The second-order valence-electron chi connectivity index (χ2n) is 6.09. The topological polar surface area (TPSA) is 38.3 Å². The number of benzene rings is 2. The van der Waals surface area contributed by atoms with Gasteiger partial charge in [-0.2, -0.15) is 0 Å². The van der Waals surface area contributed by atoms with E-state index in [0.29, 0.717) is 5.92 Å². The molecule has 2 rings (SSSR count). The summed E-state index contributed by atoms with van der Waals surface area (Å²) in [6, 6.07) is 17.7. The SMILES string of the molecule is CC(C)c1ccccc1O[C@@H](C)C(=O)N[C@@H](C)c1ccccc1. The quantitative estimate of drug-likeness (QED) is 0.855. The van der Waals surface area contributed by atoms with Crippen molar-refractivity contribution in [3.8, 4) is 5.75 Å². The molecule has 0 unspecified atom stereocenters. The molecule has 0 aliphatic carbocycles. The number of para-hydroxylation sites is 1. The van der Waals surface area contributed by atoms with Crippen molar-refractivity contribution >= 4 is 5.91 Å². The van der Waals surface area contributed by atoms with Gasteiger partial charge >= 0.3 is 0 Å². The van der Waals surface area contributed by atoms with E-state index in [1.165, 1.54) is 0 Å². The third kappa shape index (κ3) is 4.59. The van der Waals surface area contributed by atoms with Crippen LogP contribution in [-0.4, -0.2) is 12.0 Å². The summed E-state index contributed by atoms with van der Waals surface area (Å²) in [5, 5.41) is 3.00. The van der Waals surface area contributed by atoms with Gasteiger partial charge in [0.1, 0.15) is 5.75 Å². The van der Waals surface area contributed by atoms with Crippen LogP contribution in [0.15, 0.2) is 54.6 Å². The second-order valence-corrected chi connectivity index (χ2v) is 6.09. The molecule has 0 heterocycles. The minimum atomic E-state index is -0.541. The number of nitrogens with one attached hydrogen (secondary N) is 1. The van der Waals surface area contributed by atoms with Crippen LogP contribution in [0.4, 0.5) is 0 Å². The Balaban J connectivity index is 2.01. The fourth-order valence-electron chi connectivity index (χ4n) is 2.46. The molecule has 0 radical (unpaired) electrons. The summed E-state index contributed by atoms with van der Waals surface area (Å²) in [4.78, 5) is 12.4. The molecule has 0 saturated heterocycles. The summed E-state index contributed by atoms with van der Waals surface area (Å²) in [5.74, 6) is 1.02. The largest absolute Gasteiger partial charge is 0.481 e. The molecule has 0 bridgehead atoms. The third-order valence-corrected chi connectivity index (χ3v) is 3.87. The number of carbonyl (C=O) groups is 1. The first kappa shape index (κ1) is 17.1. The maximum atomic E-state index is 12.4. The summed E-state index contributed by atoms with van der Waals surface area (Å²) in [7, 11) is 0. The van der Waals surface area contributed by atoms with Gasteiger partial charge in [0, 0.05) is 0 Å². The van der Waals surface area contributed by atoms with Gasteiger partial charge in [0.25, 0.3) is 5.91 Å². The molecule has 0 saturated carbocycles. The Kier molecular flexibility index (Phi) is 5.80. The average molecular weight is 311 g/mol. The van der Waals surface area contributed by atoms with Gasteiger partial charge in [-0.25, -0.2) is 0 Å². The van der Waals surface area contributed by atoms with E-state index in [2.05, 4.69) is 19.2 Å². The van der Waals surface area contributed by atoms with Gasteiger partial charge in [-0.15, -0.1) is 0 Å². The van der Waals surface area contributed by atoms with Gasteiger partial charge in [-0.05, 0) is 37.0 Å². The number of amides is 1. The van der Waals surface area contributed by atoms with Crippen molar-refractivity contribution < 1.29 is 9.53 Å². The Hall–Kier alpha value is -2.29. The maximum Gasteiger partial charge on any atom is 0.261 e. The van der Waals surface area contributed by atoms with Crippen LogP contribution >= 0.6 is 0 Å². The standard InChI is InChI=1S/C20H25NO2/c1-14(2)18-12-8-9-13-19(18)23-16(4)20(22)21-15(3)17-10-6-5-7-11-17/h5-16H,1-4H3,(H,21,22)/t15-,16-/m0/s1. The number of hydrogen-bond acceptors (Lipinski definition) is 2. The lowest BCUT2D eigenvalue weighted by molar-refractivity contribution is -0.127. The molecule has 2 atom stereocenters. The molecule has 0 spiro atoms. The number of hydrogen-bond donors (Lipinski definition) is 1. The summed E-state index contributed by atoms with van der Waals surface area (Å²) in [6.45, 7) is 7.99. The van der Waals surface area contributed by atoms with Crippen molar-refractivity contribution in [1.29, 1.82) is 0 Å². The van der Waals surface area contributed by atoms with Crippen molar-refractivity contribution in [3.05, 3.63) is 65.7 Å². The highest BCUT2D eigenvalue weighted by Crippen LogP contribution is 2.26. The van der Waals surface area contributed by atoms with Gasteiger partial charge in [0.2, 0.25) is 0 Å². The molecule has 1 amide bonds. The van der Waals surface area contributed by atoms with Crippen molar-refractivity contribution in [2.24, 2.45) is 0 Å². The maximum absolute atomic E-state index is 12.4. The Morgan fingerprint density at radius 2 is 1.52 bits per heavy atom. The normalized spacial score (nSPS) is 13.4. The van der Waals surface area contributed by atoms with Crippen LogP contribution in [0.1, 0.15) is 50.8 Å². The first-order chi connectivity index (χ1) is 11.0.